The Morgan fingerprint density at radius 3 is 2.88 bits per heavy atom. The number of nitrogen functional groups attached to an aromatic ring is 1. The molecule has 1 aromatic rings. The predicted molar refractivity (Wildman–Crippen MR) is 66.7 cm³/mol. The molecule has 0 aliphatic heterocycles. The zero-order chi connectivity index (χ0) is 11.5. The van der Waals surface area contributed by atoms with Crippen molar-refractivity contribution in [1.29, 1.82) is 0 Å². The zero-order valence-corrected chi connectivity index (χ0v) is 9.90. The third kappa shape index (κ3) is 2.53. The fourth-order valence-electron chi connectivity index (χ4n) is 1.63. The number of hydrogen-bond acceptors (Lipinski definition) is 5. The van der Waals surface area contributed by atoms with E-state index in [4.69, 9.17) is 5.73 Å². The van der Waals surface area contributed by atoms with E-state index in [0.717, 1.165) is 24.6 Å². The van der Waals surface area contributed by atoms with Crippen LogP contribution in [0.1, 0.15) is 26.2 Å². The molecule has 88 valence electrons. The summed E-state index contributed by atoms with van der Waals surface area (Å²) in [6.45, 7) is 3.03. The van der Waals surface area contributed by atoms with Crippen LogP contribution < -0.4 is 16.0 Å². The van der Waals surface area contributed by atoms with E-state index in [1.807, 2.05) is 6.07 Å². The van der Waals surface area contributed by atoms with Crippen LogP contribution in [0.4, 0.5) is 17.6 Å². The first-order chi connectivity index (χ1) is 7.70. The molecule has 5 heteroatoms. The van der Waals surface area contributed by atoms with E-state index in [1.54, 1.807) is 0 Å². The van der Waals surface area contributed by atoms with Crippen LogP contribution in [0, 0.1) is 0 Å². The van der Waals surface area contributed by atoms with Crippen LogP contribution >= 0.6 is 0 Å². The van der Waals surface area contributed by atoms with Gasteiger partial charge >= 0.3 is 0 Å². The minimum Gasteiger partial charge on any atom is -0.370 e. The molecule has 1 heterocycles. The maximum absolute atomic E-state index is 5.70. The molecule has 0 aromatic carbocycles. The summed E-state index contributed by atoms with van der Waals surface area (Å²) in [7, 11) is 2.06. The van der Waals surface area contributed by atoms with Crippen molar-refractivity contribution in [3.63, 3.8) is 0 Å². The average molecular weight is 221 g/mol. The van der Waals surface area contributed by atoms with Crippen molar-refractivity contribution in [2.24, 2.45) is 0 Å². The smallest absolute Gasteiger partial charge is 0.223 e. The number of nitrogens with two attached hydrogens (primary N) is 1. The Hall–Kier alpha value is -1.52. The van der Waals surface area contributed by atoms with Gasteiger partial charge in [-0.3, -0.25) is 0 Å². The molecule has 0 radical (unpaired) electrons. The van der Waals surface area contributed by atoms with Gasteiger partial charge in [0.15, 0.2) is 0 Å². The lowest BCUT2D eigenvalue weighted by molar-refractivity contribution is 0.886. The first-order valence-electron chi connectivity index (χ1n) is 5.82. The second kappa shape index (κ2) is 4.55. The van der Waals surface area contributed by atoms with Crippen LogP contribution in [-0.2, 0) is 0 Å². The van der Waals surface area contributed by atoms with Gasteiger partial charge < -0.3 is 16.0 Å². The van der Waals surface area contributed by atoms with Gasteiger partial charge in [-0.15, -0.1) is 0 Å². The van der Waals surface area contributed by atoms with Crippen molar-refractivity contribution in [1.82, 2.24) is 9.97 Å². The SMILES string of the molecule is CCCNc1cc(N(C)C2CC2)nc(N)n1. The van der Waals surface area contributed by atoms with Gasteiger partial charge in [0, 0.05) is 25.7 Å². The first-order valence-corrected chi connectivity index (χ1v) is 5.82. The lowest BCUT2D eigenvalue weighted by atomic mass is 10.4. The highest BCUT2D eigenvalue weighted by Crippen LogP contribution is 2.30. The van der Waals surface area contributed by atoms with Crippen LogP contribution in [0.5, 0.6) is 0 Å². The van der Waals surface area contributed by atoms with Gasteiger partial charge in [0.2, 0.25) is 5.95 Å². The van der Waals surface area contributed by atoms with Crippen molar-refractivity contribution in [3.05, 3.63) is 6.07 Å². The molecule has 1 fully saturated rings. The molecule has 0 saturated heterocycles. The number of nitrogens with zero attached hydrogens (tertiary/aromatic N) is 3. The van der Waals surface area contributed by atoms with Gasteiger partial charge in [-0.2, -0.15) is 9.97 Å². The summed E-state index contributed by atoms with van der Waals surface area (Å²) in [5, 5.41) is 3.23. The van der Waals surface area contributed by atoms with E-state index in [1.165, 1.54) is 12.8 Å². The van der Waals surface area contributed by atoms with E-state index in [2.05, 4.69) is 34.2 Å². The molecular weight excluding hydrogens is 202 g/mol. The summed E-state index contributed by atoms with van der Waals surface area (Å²) in [4.78, 5) is 10.6. The fourth-order valence-corrected chi connectivity index (χ4v) is 1.63. The van der Waals surface area contributed by atoms with Gasteiger partial charge in [-0.1, -0.05) is 6.92 Å². The Morgan fingerprint density at radius 1 is 1.50 bits per heavy atom. The number of nitrogens with one attached hydrogen (secondary N) is 1. The molecule has 1 aliphatic rings. The van der Waals surface area contributed by atoms with Crippen LogP contribution in [-0.4, -0.2) is 29.6 Å². The van der Waals surface area contributed by atoms with Crippen molar-refractivity contribution in [3.8, 4) is 0 Å². The van der Waals surface area contributed by atoms with Crippen LogP contribution in [0.3, 0.4) is 0 Å². The van der Waals surface area contributed by atoms with E-state index in [0.29, 0.717) is 12.0 Å². The molecule has 2 rings (SSSR count). The summed E-state index contributed by atoms with van der Waals surface area (Å²) >= 11 is 0. The van der Waals surface area contributed by atoms with E-state index >= 15 is 0 Å². The first kappa shape index (κ1) is 11.0. The lowest BCUT2D eigenvalue weighted by Gasteiger charge is -2.18. The Labute approximate surface area is 96.1 Å². The molecule has 0 bridgehead atoms. The van der Waals surface area contributed by atoms with Crippen LogP contribution in [0.2, 0.25) is 0 Å². The second-order valence-corrected chi connectivity index (χ2v) is 4.24. The van der Waals surface area contributed by atoms with Gasteiger partial charge in [0.05, 0.1) is 0 Å². The monoisotopic (exact) mass is 221 g/mol. The molecular formula is C11H19N5. The molecule has 1 aliphatic carbocycles. The molecule has 1 aromatic heterocycles. The summed E-state index contributed by atoms with van der Waals surface area (Å²) in [5.74, 6) is 2.06. The molecule has 5 nitrogen and oxygen atoms in total. The molecule has 3 N–H and O–H groups in total. The normalized spacial score (nSPS) is 14.9. The van der Waals surface area contributed by atoms with E-state index in [-0.39, 0.29) is 0 Å². The quantitative estimate of drug-likeness (QED) is 0.788. The Balaban J connectivity index is 2.14. The van der Waals surface area contributed by atoms with Crippen molar-refractivity contribution in [2.45, 2.75) is 32.2 Å². The van der Waals surface area contributed by atoms with Crippen LogP contribution in [0.15, 0.2) is 6.07 Å². The minimum absolute atomic E-state index is 0.337. The Kier molecular flexibility index (Phi) is 3.12. The number of rotatable bonds is 5. The predicted octanol–water partition coefficient (Wildman–Crippen LogP) is 1.48. The van der Waals surface area contributed by atoms with Gasteiger partial charge in [-0.25, -0.2) is 0 Å². The highest BCUT2D eigenvalue weighted by atomic mass is 15.2. The summed E-state index contributed by atoms with van der Waals surface area (Å²) in [5.41, 5.74) is 5.70. The Bertz CT molecular complexity index is 361. The van der Waals surface area contributed by atoms with Gasteiger partial charge in [0.25, 0.3) is 0 Å². The second-order valence-electron chi connectivity index (χ2n) is 4.24. The topological polar surface area (TPSA) is 67.1 Å². The standard InChI is InChI=1S/C11H19N5/c1-3-6-13-9-7-10(15-11(12)14-9)16(2)8-4-5-8/h7-8H,3-6H2,1-2H3,(H3,12,13,14,15). The minimum atomic E-state index is 0.337. The molecule has 0 spiro atoms. The van der Waals surface area contributed by atoms with Gasteiger partial charge in [0.1, 0.15) is 11.6 Å². The summed E-state index contributed by atoms with van der Waals surface area (Å²) in [6.07, 6.45) is 3.56. The summed E-state index contributed by atoms with van der Waals surface area (Å²) in [6, 6.07) is 2.60. The van der Waals surface area contributed by atoms with E-state index < -0.39 is 0 Å². The average Bonchev–Trinajstić information content (AvgIpc) is 3.08. The fraction of sp³-hybridized carbons (Fsp3) is 0.636. The maximum Gasteiger partial charge on any atom is 0.223 e. The van der Waals surface area contributed by atoms with E-state index in [9.17, 15) is 0 Å². The highest BCUT2D eigenvalue weighted by molar-refractivity contribution is 5.53. The third-order valence-electron chi connectivity index (χ3n) is 2.74. The van der Waals surface area contributed by atoms with Crippen molar-refractivity contribution >= 4 is 17.6 Å². The highest BCUT2D eigenvalue weighted by Gasteiger charge is 2.27. The maximum atomic E-state index is 5.70. The van der Waals surface area contributed by atoms with Crippen molar-refractivity contribution < 1.29 is 0 Å². The number of aromatic nitrogens is 2. The Morgan fingerprint density at radius 2 is 2.25 bits per heavy atom. The molecule has 1 saturated carbocycles. The van der Waals surface area contributed by atoms with Gasteiger partial charge in [-0.05, 0) is 19.3 Å². The molecule has 16 heavy (non-hydrogen) atoms. The number of hydrogen-bond donors (Lipinski definition) is 2. The lowest BCUT2D eigenvalue weighted by Crippen LogP contribution is -2.21. The largest absolute Gasteiger partial charge is 0.370 e. The van der Waals surface area contributed by atoms with Crippen molar-refractivity contribution in [2.75, 3.05) is 29.5 Å². The molecule has 0 unspecified atom stereocenters. The number of anilines is 3. The summed E-state index contributed by atoms with van der Waals surface area (Å²) < 4.78 is 0. The zero-order valence-electron chi connectivity index (χ0n) is 9.90. The third-order valence-corrected chi connectivity index (χ3v) is 2.74. The molecule has 0 atom stereocenters. The molecule has 0 amide bonds. The van der Waals surface area contributed by atoms with Crippen LogP contribution in [0.25, 0.3) is 0 Å².